The quantitative estimate of drug-likeness (QED) is 0.628. The molecule has 0 saturated heterocycles. The van der Waals surface area contributed by atoms with Crippen molar-refractivity contribution in [2.75, 3.05) is 32.2 Å². The van der Waals surface area contributed by atoms with Crippen molar-refractivity contribution in [3.05, 3.63) is 59.7 Å². The third-order valence-corrected chi connectivity index (χ3v) is 3.81. The lowest BCUT2D eigenvalue weighted by molar-refractivity contribution is 0.0948. The Balaban J connectivity index is 1.96. The molecule has 0 fully saturated rings. The number of carbonyl (C=O) groups excluding carboxylic acids is 2. The van der Waals surface area contributed by atoms with E-state index >= 15 is 0 Å². The Bertz CT molecular complexity index is 744. The van der Waals surface area contributed by atoms with E-state index in [4.69, 9.17) is 9.47 Å². The molecule has 2 amide bonds. The molecule has 0 heterocycles. The second-order valence-electron chi connectivity index (χ2n) is 5.98. The minimum atomic E-state index is -0.251. The molecule has 2 aromatic carbocycles. The van der Waals surface area contributed by atoms with E-state index in [1.165, 1.54) is 0 Å². The molecule has 6 heteroatoms. The summed E-state index contributed by atoms with van der Waals surface area (Å²) in [6.45, 7) is 3.73. The predicted molar refractivity (Wildman–Crippen MR) is 105 cm³/mol. The third-order valence-electron chi connectivity index (χ3n) is 3.81. The monoisotopic (exact) mass is 370 g/mol. The molecule has 0 unspecified atom stereocenters. The van der Waals surface area contributed by atoms with Crippen molar-refractivity contribution in [3.8, 4) is 5.75 Å². The van der Waals surface area contributed by atoms with Crippen LogP contribution in [0.5, 0.6) is 5.75 Å². The molecule has 0 radical (unpaired) electrons. The van der Waals surface area contributed by atoms with Crippen LogP contribution in [0.25, 0.3) is 0 Å². The number of para-hydroxylation sites is 1. The molecule has 27 heavy (non-hydrogen) atoms. The molecule has 0 bridgehead atoms. The summed E-state index contributed by atoms with van der Waals surface area (Å²) in [4.78, 5) is 24.6. The minimum absolute atomic E-state index is 0.151. The van der Waals surface area contributed by atoms with Gasteiger partial charge in [0, 0.05) is 31.5 Å². The lowest BCUT2D eigenvalue weighted by Gasteiger charge is -2.11. The number of hydrogen-bond donors (Lipinski definition) is 2. The third kappa shape index (κ3) is 6.42. The van der Waals surface area contributed by atoms with Crippen molar-refractivity contribution in [1.82, 2.24) is 5.32 Å². The first kappa shape index (κ1) is 20.5. The second-order valence-corrected chi connectivity index (χ2v) is 5.98. The van der Waals surface area contributed by atoms with Crippen LogP contribution in [-0.4, -0.2) is 38.7 Å². The van der Waals surface area contributed by atoms with Crippen LogP contribution in [0.2, 0.25) is 0 Å². The average Bonchev–Trinajstić information content (AvgIpc) is 2.70. The smallest absolute Gasteiger partial charge is 0.259 e. The fraction of sp³-hybridized carbons (Fsp3) is 0.333. The van der Waals surface area contributed by atoms with Crippen LogP contribution in [0.4, 0.5) is 5.69 Å². The summed E-state index contributed by atoms with van der Waals surface area (Å²) in [7, 11) is 1.63. The molecular weight excluding hydrogens is 344 g/mol. The van der Waals surface area contributed by atoms with Crippen LogP contribution in [0.3, 0.4) is 0 Å². The zero-order valence-corrected chi connectivity index (χ0v) is 15.8. The summed E-state index contributed by atoms with van der Waals surface area (Å²) in [5, 5.41) is 5.66. The Morgan fingerprint density at radius 1 is 0.963 bits per heavy atom. The number of methoxy groups -OCH3 is 1. The Hall–Kier alpha value is -2.86. The average molecular weight is 370 g/mol. The highest BCUT2D eigenvalue weighted by atomic mass is 16.5. The van der Waals surface area contributed by atoms with Gasteiger partial charge in [-0.3, -0.25) is 9.59 Å². The van der Waals surface area contributed by atoms with E-state index in [0.29, 0.717) is 42.3 Å². The molecule has 2 rings (SSSR count). The molecule has 144 valence electrons. The molecule has 0 aliphatic rings. The number of hydrogen-bond acceptors (Lipinski definition) is 4. The molecule has 0 atom stereocenters. The highest BCUT2D eigenvalue weighted by molar-refractivity contribution is 6.06. The maximum Gasteiger partial charge on any atom is 0.259 e. The van der Waals surface area contributed by atoms with Gasteiger partial charge in [0.15, 0.2) is 0 Å². The van der Waals surface area contributed by atoms with Gasteiger partial charge in [-0.05, 0) is 49.2 Å². The largest absolute Gasteiger partial charge is 0.493 e. The van der Waals surface area contributed by atoms with Crippen molar-refractivity contribution in [2.24, 2.45) is 0 Å². The zero-order valence-electron chi connectivity index (χ0n) is 15.8. The molecule has 0 saturated carbocycles. The van der Waals surface area contributed by atoms with Gasteiger partial charge in [0.05, 0.1) is 12.2 Å². The van der Waals surface area contributed by atoms with Gasteiger partial charge in [0.1, 0.15) is 5.75 Å². The number of rotatable bonds is 10. The van der Waals surface area contributed by atoms with E-state index in [9.17, 15) is 9.59 Å². The maximum absolute atomic E-state index is 12.5. The molecule has 6 nitrogen and oxygen atoms in total. The van der Waals surface area contributed by atoms with Crippen molar-refractivity contribution in [1.29, 1.82) is 0 Å². The first-order chi connectivity index (χ1) is 13.2. The molecule has 0 aliphatic heterocycles. The summed E-state index contributed by atoms with van der Waals surface area (Å²) in [5.74, 6) is 0.157. The van der Waals surface area contributed by atoms with Crippen molar-refractivity contribution < 1.29 is 19.1 Å². The molecule has 0 spiro atoms. The summed E-state index contributed by atoms with van der Waals surface area (Å²) < 4.78 is 10.6. The standard InChI is InChI=1S/C21H26N2O4/c1-3-14-27-19-8-5-4-7-18(19)21(25)23-17-11-9-16(10-12-17)20(24)22-13-6-15-26-2/h4-5,7-12H,3,6,13-15H2,1-2H3,(H,22,24)(H,23,25). The maximum atomic E-state index is 12.5. The number of ether oxygens (including phenoxy) is 2. The Morgan fingerprint density at radius 2 is 1.70 bits per heavy atom. The van der Waals surface area contributed by atoms with Gasteiger partial charge >= 0.3 is 0 Å². The van der Waals surface area contributed by atoms with Crippen LogP contribution >= 0.6 is 0 Å². The molecular formula is C21H26N2O4. The van der Waals surface area contributed by atoms with E-state index < -0.39 is 0 Å². The fourth-order valence-electron chi connectivity index (χ4n) is 2.42. The Labute approximate surface area is 159 Å². The van der Waals surface area contributed by atoms with Crippen LogP contribution in [0.15, 0.2) is 48.5 Å². The summed E-state index contributed by atoms with van der Waals surface area (Å²) in [5.41, 5.74) is 1.63. The Morgan fingerprint density at radius 3 is 2.41 bits per heavy atom. The van der Waals surface area contributed by atoms with Crippen molar-refractivity contribution >= 4 is 17.5 Å². The van der Waals surface area contributed by atoms with Gasteiger partial charge in [0.25, 0.3) is 11.8 Å². The van der Waals surface area contributed by atoms with Gasteiger partial charge < -0.3 is 20.1 Å². The highest BCUT2D eigenvalue weighted by Crippen LogP contribution is 2.20. The lowest BCUT2D eigenvalue weighted by Crippen LogP contribution is -2.25. The van der Waals surface area contributed by atoms with Crippen LogP contribution in [-0.2, 0) is 4.74 Å². The van der Waals surface area contributed by atoms with Crippen molar-refractivity contribution in [3.63, 3.8) is 0 Å². The Kier molecular flexibility index (Phi) is 8.32. The van der Waals surface area contributed by atoms with E-state index in [0.717, 1.165) is 12.8 Å². The molecule has 0 aliphatic carbocycles. The van der Waals surface area contributed by atoms with E-state index in [2.05, 4.69) is 10.6 Å². The number of benzene rings is 2. The number of anilines is 1. The van der Waals surface area contributed by atoms with Gasteiger partial charge in [-0.25, -0.2) is 0 Å². The molecule has 2 N–H and O–H groups in total. The van der Waals surface area contributed by atoms with Crippen LogP contribution in [0.1, 0.15) is 40.5 Å². The van der Waals surface area contributed by atoms with Gasteiger partial charge in [-0.15, -0.1) is 0 Å². The van der Waals surface area contributed by atoms with Gasteiger partial charge in [-0.2, -0.15) is 0 Å². The van der Waals surface area contributed by atoms with E-state index in [-0.39, 0.29) is 11.8 Å². The predicted octanol–water partition coefficient (Wildman–Crippen LogP) is 3.49. The van der Waals surface area contributed by atoms with Crippen LogP contribution < -0.4 is 15.4 Å². The second kappa shape index (κ2) is 11.0. The summed E-state index contributed by atoms with van der Waals surface area (Å²) in [6, 6.07) is 13.9. The zero-order chi connectivity index (χ0) is 19.5. The highest BCUT2D eigenvalue weighted by Gasteiger charge is 2.12. The van der Waals surface area contributed by atoms with Gasteiger partial charge in [-0.1, -0.05) is 19.1 Å². The fourth-order valence-corrected chi connectivity index (χ4v) is 2.42. The van der Waals surface area contributed by atoms with E-state index in [1.807, 2.05) is 13.0 Å². The van der Waals surface area contributed by atoms with Crippen molar-refractivity contribution in [2.45, 2.75) is 19.8 Å². The first-order valence-electron chi connectivity index (χ1n) is 9.06. The van der Waals surface area contributed by atoms with Gasteiger partial charge in [0.2, 0.25) is 0 Å². The first-order valence-corrected chi connectivity index (χ1v) is 9.06. The number of nitrogens with one attached hydrogen (secondary N) is 2. The number of carbonyl (C=O) groups is 2. The number of amides is 2. The minimum Gasteiger partial charge on any atom is -0.493 e. The summed E-state index contributed by atoms with van der Waals surface area (Å²) in [6.07, 6.45) is 1.63. The normalized spacial score (nSPS) is 10.3. The topological polar surface area (TPSA) is 76.7 Å². The summed E-state index contributed by atoms with van der Waals surface area (Å²) >= 11 is 0. The molecule has 0 aromatic heterocycles. The molecule has 2 aromatic rings. The lowest BCUT2D eigenvalue weighted by atomic mass is 10.1. The SMILES string of the molecule is CCCOc1ccccc1C(=O)Nc1ccc(C(=O)NCCCOC)cc1. The van der Waals surface area contributed by atoms with Crippen LogP contribution in [0, 0.1) is 0 Å². The van der Waals surface area contributed by atoms with E-state index in [1.54, 1.807) is 49.6 Å².